The number of alkyl halides is 1. The van der Waals surface area contributed by atoms with Crippen LogP contribution in [0.15, 0.2) is 18.2 Å². The number of nitrogens with two attached hydrogens (primary N) is 1. The van der Waals surface area contributed by atoms with Crippen molar-refractivity contribution in [3.63, 3.8) is 0 Å². The van der Waals surface area contributed by atoms with E-state index in [4.69, 9.17) is 28.9 Å². The molecular formula is C14H17Cl2N3O. The summed E-state index contributed by atoms with van der Waals surface area (Å²) in [6.07, 6.45) is 0. The Kier molecular flexibility index (Phi) is 4.25. The number of primary amides is 1. The number of halogens is 2. The molecule has 0 radical (unpaired) electrons. The molecule has 0 aliphatic rings. The lowest BCUT2D eigenvalue weighted by Gasteiger charge is -2.23. The van der Waals surface area contributed by atoms with Crippen LogP contribution in [-0.2, 0) is 4.79 Å². The molecule has 0 aliphatic heterocycles. The molecule has 2 N–H and O–H groups in total. The predicted molar refractivity (Wildman–Crippen MR) is 82.1 cm³/mol. The van der Waals surface area contributed by atoms with Crippen LogP contribution in [0.3, 0.4) is 0 Å². The van der Waals surface area contributed by atoms with Crippen molar-refractivity contribution in [1.29, 1.82) is 0 Å². The van der Waals surface area contributed by atoms with Crippen LogP contribution in [0.25, 0.3) is 11.0 Å². The van der Waals surface area contributed by atoms with E-state index in [1.807, 2.05) is 31.4 Å². The van der Waals surface area contributed by atoms with E-state index >= 15 is 0 Å². The minimum absolute atomic E-state index is 0.0260. The monoisotopic (exact) mass is 313 g/mol. The standard InChI is InChI=1S/C14H17Cl2N3O/c1-7(2)12(13(17)20)19-11-6-9(16)4-5-10(11)18-14(19)8(3)15/h4-8,12H,1-3H3,(H2,17,20). The Balaban J connectivity index is 2.79. The van der Waals surface area contributed by atoms with Gasteiger partial charge in [0.2, 0.25) is 5.91 Å². The molecule has 6 heteroatoms. The summed E-state index contributed by atoms with van der Waals surface area (Å²) >= 11 is 12.3. The molecule has 0 fully saturated rings. The third kappa shape index (κ3) is 2.63. The molecule has 2 aromatic rings. The molecule has 2 unspecified atom stereocenters. The summed E-state index contributed by atoms with van der Waals surface area (Å²) < 4.78 is 1.81. The highest BCUT2D eigenvalue weighted by molar-refractivity contribution is 6.31. The van der Waals surface area contributed by atoms with Gasteiger partial charge in [0.1, 0.15) is 11.9 Å². The van der Waals surface area contributed by atoms with Crippen LogP contribution in [-0.4, -0.2) is 15.5 Å². The van der Waals surface area contributed by atoms with E-state index in [-0.39, 0.29) is 11.3 Å². The Bertz CT molecular complexity index is 649. The fraction of sp³-hybridized carbons (Fsp3) is 0.429. The van der Waals surface area contributed by atoms with Crippen LogP contribution in [0, 0.1) is 5.92 Å². The van der Waals surface area contributed by atoms with Crippen LogP contribution < -0.4 is 5.73 Å². The number of hydrogen-bond acceptors (Lipinski definition) is 2. The van der Waals surface area contributed by atoms with Crippen molar-refractivity contribution in [1.82, 2.24) is 9.55 Å². The van der Waals surface area contributed by atoms with Gasteiger partial charge in [-0.3, -0.25) is 4.79 Å². The van der Waals surface area contributed by atoms with Crippen molar-refractivity contribution in [3.05, 3.63) is 29.0 Å². The predicted octanol–water partition coefficient (Wildman–Crippen LogP) is 3.67. The molecule has 1 aromatic heterocycles. The van der Waals surface area contributed by atoms with Crippen LogP contribution in [0.5, 0.6) is 0 Å². The van der Waals surface area contributed by atoms with E-state index in [1.165, 1.54) is 0 Å². The van der Waals surface area contributed by atoms with Gasteiger partial charge in [0.15, 0.2) is 0 Å². The zero-order valence-electron chi connectivity index (χ0n) is 11.6. The smallest absolute Gasteiger partial charge is 0.240 e. The Morgan fingerprint density at radius 1 is 1.35 bits per heavy atom. The lowest BCUT2D eigenvalue weighted by atomic mass is 10.0. The number of aromatic nitrogens is 2. The maximum Gasteiger partial charge on any atom is 0.240 e. The second kappa shape index (κ2) is 5.62. The summed E-state index contributed by atoms with van der Waals surface area (Å²) in [5.41, 5.74) is 7.09. The molecule has 0 saturated carbocycles. The first-order chi connectivity index (χ1) is 9.32. The van der Waals surface area contributed by atoms with Crippen molar-refractivity contribution in [2.75, 3.05) is 0 Å². The number of benzene rings is 1. The zero-order valence-corrected chi connectivity index (χ0v) is 13.1. The number of carbonyl (C=O) groups excluding carboxylic acids is 1. The summed E-state index contributed by atoms with van der Waals surface area (Å²) in [5, 5.41) is 0.251. The Morgan fingerprint density at radius 2 is 2.00 bits per heavy atom. The maximum absolute atomic E-state index is 11.8. The van der Waals surface area contributed by atoms with Gasteiger partial charge in [0.25, 0.3) is 0 Å². The number of carbonyl (C=O) groups is 1. The van der Waals surface area contributed by atoms with Crippen LogP contribution in [0.2, 0.25) is 5.02 Å². The molecule has 0 aliphatic carbocycles. The maximum atomic E-state index is 11.8. The number of rotatable bonds is 4. The van der Waals surface area contributed by atoms with E-state index in [9.17, 15) is 4.79 Å². The van der Waals surface area contributed by atoms with E-state index in [0.29, 0.717) is 10.8 Å². The average Bonchev–Trinajstić information content (AvgIpc) is 2.67. The average molecular weight is 314 g/mol. The van der Waals surface area contributed by atoms with Crippen molar-refractivity contribution in [3.8, 4) is 0 Å². The van der Waals surface area contributed by atoms with Crippen LogP contribution >= 0.6 is 23.2 Å². The molecule has 108 valence electrons. The summed E-state index contributed by atoms with van der Waals surface area (Å²) in [6.45, 7) is 5.70. The van der Waals surface area contributed by atoms with Gasteiger partial charge >= 0.3 is 0 Å². The molecule has 0 bridgehead atoms. The summed E-state index contributed by atoms with van der Waals surface area (Å²) in [6, 6.07) is 4.86. The number of hydrogen-bond donors (Lipinski definition) is 1. The van der Waals surface area contributed by atoms with Crippen molar-refractivity contribution >= 4 is 40.1 Å². The molecule has 0 saturated heterocycles. The topological polar surface area (TPSA) is 60.9 Å². The highest BCUT2D eigenvalue weighted by atomic mass is 35.5. The first kappa shape index (κ1) is 15.1. The highest BCUT2D eigenvalue weighted by Crippen LogP contribution is 2.32. The normalized spacial score (nSPS) is 14.7. The minimum Gasteiger partial charge on any atom is -0.368 e. The Hall–Kier alpha value is -1.26. The van der Waals surface area contributed by atoms with E-state index in [1.54, 1.807) is 12.1 Å². The van der Waals surface area contributed by atoms with Gasteiger partial charge < -0.3 is 10.3 Å². The summed E-state index contributed by atoms with van der Waals surface area (Å²) in [4.78, 5) is 16.3. The molecule has 0 spiro atoms. The van der Waals surface area contributed by atoms with Crippen molar-refractivity contribution < 1.29 is 4.79 Å². The van der Waals surface area contributed by atoms with Crippen molar-refractivity contribution in [2.45, 2.75) is 32.2 Å². The lowest BCUT2D eigenvalue weighted by Crippen LogP contribution is -2.31. The highest BCUT2D eigenvalue weighted by Gasteiger charge is 2.28. The largest absolute Gasteiger partial charge is 0.368 e. The van der Waals surface area contributed by atoms with Crippen LogP contribution in [0.4, 0.5) is 0 Å². The first-order valence-corrected chi connectivity index (χ1v) is 7.25. The van der Waals surface area contributed by atoms with Gasteiger partial charge in [-0.15, -0.1) is 11.6 Å². The molecule has 1 aromatic carbocycles. The van der Waals surface area contributed by atoms with Gasteiger partial charge in [0, 0.05) is 5.02 Å². The SMILES string of the molecule is CC(Cl)c1nc2ccc(Cl)cc2n1C(C(N)=O)C(C)C. The van der Waals surface area contributed by atoms with Gasteiger partial charge in [-0.1, -0.05) is 25.4 Å². The first-order valence-electron chi connectivity index (χ1n) is 6.43. The lowest BCUT2D eigenvalue weighted by molar-refractivity contribution is -0.122. The molecule has 1 heterocycles. The number of amides is 1. The Morgan fingerprint density at radius 3 is 2.50 bits per heavy atom. The zero-order chi connectivity index (χ0) is 15.0. The molecular weight excluding hydrogens is 297 g/mol. The van der Waals surface area contributed by atoms with E-state index in [2.05, 4.69) is 4.98 Å². The third-order valence-electron chi connectivity index (χ3n) is 3.24. The fourth-order valence-corrected chi connectivity index (χ4v) is 2.73. The van der Waals surface area contributed by atoms with Gasteiger partial charge in [-0.05, 0) is 31.0 Å². The third-order valence-corrected chi connectivity index (χ3v) is 3.67. The second-order valence-electron chi connectivity index (χ2n) is 5.18. The van der Waals surface area contributed by atoms with Gasteiger partial charge in [0.05, 0.1) is 16.4 Å². The van der Waals surface area contributed by atoms with E-state index in [0.717, 1.165) is 11.0 Å². The fourth-order valence-electron chi connectivity index (χ4n) is 2.41. The van der Waals surface area contributed by atoms with Crippen molar-refractivity contribution in [2.24, 2.45) is 11.7 Å². The second-order valence-corrected chi connectivity index (χ2v) is 6.27. The number of imidazole rings is 1. The molecule has 20 heavy (non-hydrogen) atoms. The Labute approximate surface area is 127 Å². The molecule has 1 amide bonds. The van der Waals surface area contributed by atoms with Gasteiger partial charge in [-0.2, -0.15) is 0 Å². The summed E-state index contributed by atoms with van der Waals surface area (Å²) in [5.74, 6) is 0.248. The molecule has 2 rings (SSSR count). The van der Waals surface area contributed by atoms with E-state index < -0.39 is 11.9 Å². The molecule has 4 nitrogen and oxygen atoms in total. The summed E-state index contributed by atoms with van der Waals surface area (Å²) in [7, 11) is 0. The molecule has 2 atom stereocenters. The minimum atomic E-state index is -0.505. The van der Waals surface area contributed by atoms with Crippen LogP contribution in [0.1, 0.15) is 38.0 Å². The van der Waals surface area contributed by atoms with Gasteiger partial charge in [-0.25, -0.2) is 4.98 Å². The quantitative estimate of drug-likeness (QED) is 0.875. The number of nitrogens with zero attached hydrogens (tertiary/aromatic N) is 2. The number of fused-ring (bicyclic) bond motifs is 1.